The number of amides is 2. The number of likely N-dealkylation sites (tertiary alicyclic amines) is 2. The molecule has 2 aliphatic rings. The van der Waals surface area contributed by atoms with Gasteiger partial charge in [0, 0.05) is 25.2 Å². The second-order valence-corrected chi connectivity index (χ2v) is 5.67. The van der Waals surface area contributed by atoms with Gasteiger partial charge in [0.15, 0.2) is 0 Å². The molecule has 3 unspecified atom stereocenters. The van der Waals surface area contributed by atoms with Crippen LogP contribution in [0.15, 0.2) is 0 Å². The molecule has 0 bridgehead atoms. The van der Waals surface area contributed by atoms with E-state index in [-0.39, 0.29) is 18.0 Å². The van der Waals surface area contributed by atoms with E-state index in [2.05, 4.69) is 0 Å². The van der Waals surface area contributed by atoms with Crippen LogP contribution in [-0.2, 0) is 0 Å². The molecule has 108 valence electrons. The normalized spacial score (nSPS) is 28.7. The average molecular weight is 270 g/mol. The quantitative estimate of drug-likeness (QED) is 0.824. The van der Waals surface area contributed by atoms with Crippen molar-refractivity contribution in [2.75, 3.05) is 13.1 Å². The first kappa shape index (κ1) is 14.0. The molecular formula is C13H22N2O4. The number of nitrogens with zero attached hydrogens (tertiary/aromatic N) is 2. The number of hydrogen-bond donors (Lipinski definition) is 2. The molecular weight excluding hydrogens is 248 g/mol. The third kappa shape index (κ3) is 2.93. The minimum atomic E-state index is -0.851. The maximum Gasteiger partial charge on any atom is 0.407 e. The zero-order valence-electron chi connectivity index (χ0n) is 11.3. The Balaban J connectivity index is 1.95. The van der Waals surface area contributed by atoms with Crippen molar-refractivity contribution in [3.05, 3.63) is 0 Å². The molecule has 3 atom stereocenters. The van der Waals surface area contributed by atoms with Crippen molar-refractivity contribution in [3.8, 4) is 0 Å². The van der Waals surface area contributed by atoms with Gasteiger partial charge in [-0.2, -0.15) is 0 Å². The minimum Gasteiger partial charge on any atom is -0.465 e. The highest BCUT2D eigenvalue weighted by Gasteiger charge is 2.36. The van der Waals surface area contributed by atoms with Crippen molar-refractivity contribution in [2.45, 2.75) is 51.1 Å². The molecule has 6 nitrogen and oxygen atoms in total. The first-order valence-corrected chi connectivity index (χ1v) is 7.00. The van der Waals surface area contributed by atoms with Crippen LogP contribution in [0.3, 0.4) is 0 Å². The van der Waals surface area contributed by atoms with Crippen molar-refractivity contribution in [1.29, 1.82) is 0 Å². The molecule has 0 spiro atoms. The van der Waals surface area contributed by atoms with E-state index >= 15 is 0 Å². The van der Waals surface area contributed by atoms with Gasteiger partial charge in [0.2, 0.25) is 0 Å². The summed E-state index contributed by atoms with van der Waals surface area (Å²) in [5.41, 5.74) is 0. The summed E-state index contributed by atoms with van der Waals surface area (Å²) in [6.07, 6.45) is 2.68. The van der Waals surface area contributed by atoms with Crippen LogP contribution in [0, 0.1) is 5.92 Å². The summed E-state index contributed by atoms with van der Waals surface area (Å²) in [6.45, 7) is 3.27. The molecule has 2 fully saturated rings. The smallest absolute Gasteiger partial charge is 0.407 e. The number of rotatable bonds is 3. The van der Waals surface area contributed by atoms with Crippen molar-refractivity contribution in [2.24, 2.45) is 5.92 Å². The van der Waals surface area contributed by atoms with Crippen molar-refractivity contribution in [3.63, 3.8) is 0 Å². The first-order valence-electron chi connectivity index (χ1n) is 7.00. The lowest BCUT2D eigenvalue weighted by Gasteiger charge is -2.31. The lowest BCUT2D eigenvalue weighted by Crippen LogP contribution is -2.42. The zero-order valence-corrected chi connectivity index (χ0v) is 11.3. The largest absolute Gasteiger partial charge is 0.465 e. The number of carbonyl (C=O) groups is 2. The average Bonchev–Trinajstić information content (AvgIpc) is 2.96. The Bertz CT molecular complexity index is 361. The van der Waals surface area contributed by atoms with Gasteiger partial charge in [0.1, 0.15) is 0 Å². The highest BCUT2D eigenvalue weighted by Crippen LogP contribution is 2.30. The highest BCUT2D eigenvalue weighted by atomic mass is 16.4. The molecule has 2 rings (SSSR count). The lowest BCUT2D eigenvalue weighted by atomic mass is 9.91. The van der Waals surface area contributed by atoms with Gasteiger partial charge in [-0.1, -0.05) is 6.92 Å². The first-order chi connectivity index (χ1) is 9.00. The Morgan fingerprint density at radius 2 is 1.68 bits per heavy atom. The lowest BCUT2D eigenvalue weighted by molar-refractivity contribution is 0.110. The summed E-state index contributed by atoms with van der Waals surface area (Å²) < 4.78 is 0. The van der Waals surface area contributed by atoms with Gasteiger partial charge in [0.05, 0.1) is 0 Å². The van der Waals surface area contributed by atoms with Gasteiger partial charge in [-0.25, -0.2) is 9.59 Å². The molecule has 2 N–H and O–H groups in total. The monoisotopic (exact) mass is 270 g/mol. The third-order valence-electron chi connectivity index (χ3n) is 4.47. The Morgan fingerprint density at radius 3 is 2.32 bits per heavy atom. The molecule has 2 amide bonds. The molecule has 0 aliphatic carbocycles. The molecule has 2 saturated heterocycles. The van der Waals surface area contributed by atoms with Gasteiger partial charge in [-0.05, 0) is 38.0 Å². The van der Waals surface area contributed by atoms with Gasteiger partial charge in [-0.3, -0.25) is 0 Å². The maximum atomic E-state index is 11.1. The second kappa shape index (κ2) is 5.67. The van der Waals surface area contributed by atoms with E-state index in [0.717, 1.165) is 32.1 Å². The third-order valence-corrected chi connectivity index (χ3v) is 4.47. The number of hydrogen-bond acceptors (Lipinski definition) is 2. The van der Waals surface area contributed by atoms with Crippen LogP contribution < -0.4 is 0 Å². The fourth-order valence-corrected chi connectivity index (χ4v) is 3.54. The van der Waals surface area contributed by atoms with Crippen LogP contribution in [0.4, 0.5) is 9.59 Å². The SMILES string of the molecule is CC(CC1CCCN1C(=O)O)C1CCCN1C(=O)O. The van der Waals surface area contributed by atoms with E-state index in [1.54, 1.807) is 0 Å². The molecule has 2 aliphatic heterocycles. The topological polar surface area (TPSA) is 81.1 Å². The summed E-state index contributed by atoms with van der Waals surface area (Å²) in [6, 6.07) is 0.109. The van der Waals surface area contributed by atoms with E-state index in [9.17, 15) is 9.59 Å². The summed E-state index contributed by atoms with van der Waals surface area (Å²) in [5.74, 6) is 0.212. The Labute approximate surface area is 113 Å². The summed E-state index contributed by atoms with van der Waals surface area (Å²) in [5, 5.41) is 18.3. The fourth-order valence-electron chi connectivity index (χ4n) is 3.54. The predicted molar refractivity (Wildman–Crippen MR) is 69.3 cm³/mol. The van der Waals surface area contributed by atoms with Crippen molar-refractivity contribution < 1.29 is 19.8 Å². The highest BCUT2D eigenvalue weighted by molar-refractivity contribution is 5.66. The molecule has 6 heteroatoms. The molecule has 0 aromatic heterocycles. The Kier molecular flexibility index (Phi) is 4.17. The van der Waals surface area contributed by atoms with E-state index in [4.69, 9.17) is 10.2 Å². The van der Waals surface area contributed by atoms with Crippen LogP contribution in [0.5, 0.6) is 0 Å². The summed E-state index contributed by atoms with van der Waals surface area (Å²) in [7, 11) is 0. The maximum absolute atomic E-state index is 11.1. The van der Waals surface area contributed by atoms with Crippen LogP contribution >= 0.6 is 0 Å². The number of carboxylic acid groups (broad SMARTS) is 2. The molecule has 0 aromatic rings. The Morgan fingerprint density at radius 1 is 1.11 bits per heavy atom. The van der Waals surface area contributed by atoms with E-state index < -0.39 is 12.2 Å². The molecule has 0 radical (unpaired) electrons. The van der Waals surface area contributed by atoms with Gasteiger partial charge >= 0.3 is 12.2 Å². The van der Waals surface area contributed by atoms with Crippen LogP contribution in [0.2, 0.25) is 0 Å². The molecule has 0 saturated carbocycles. The minimum absolute atomic E-state index is 0.0498. The van der Waals surface area contributed by atoms with Crippen LogP contribution in [0.25, 0.3) is 0 Å². The molecule has 0 aromatic carbocycles. The fraction of sp³-hybridized carbons (Fsp3) is 0.846. The van der Waals surface area contributed by atoms with Gasteiger partial charge in [0.25, 0.3) is 0 Å². The van der Waals surface area contributed by atoms with Gasteiger partial charge < -0.3 is 20.0 Å². The zero-order chi connectivity index (χ0) is 14.0. The van der Waals surface area contributed by atoms with Gasteiger partial charge in [-0.15, -0.1) is 0 Å². The van der Waals surface area contributed by atoms with E-state index in [0.29, 0.717) is 13.1 Å². The summed E-state index contributed by atoms with van der Waals surface area (Å²) >= 11 is 0. The molecule has 19 heavy (non-hydrogen) atoms. The standard InChI is InChI=1S/C13H22N2O4/c1-9(11-5-3-7-15(11)13(18)19)8-10-4-2-6-14(10)12(16)17/h9-11H,2-8H2,1H3,(H,16,17)(H,18,19). The summed E-state index contributed by atoms with van der Waals surface area (Å²) in [4.78, 5) is 25.3. The van der Waals surface area contributed by atoms with Crippen molar-refractivity contribution in [1.82, 2.24) is 9.80 Å². The van der Waals surface area contributed by atoms with E-state index in [1.807, 2.05) is 6.92 Å². The van der Waals surface area contributed by atoms with Crippen LogP contribution in [-0.4, -0.2) is 57.4 Å². The predicted octanol–water partition coefficient (Wildman–Crippen LogP) is 2.30. The van der Waals surface area contributed by atoms with Crippen LogP contribution in [0.1, 0.15) is 39.0 Å². The van der Waals surface area contributed by atoms with Crippen molar-refractivity contribution >= 4 is 12.2 Å². The van der Waals surface area contributed by atoms with E-state index in [1.165, 1.54) is 9.80 Å². The molecule has 2 heterocycles. The second-order valence-electron chi connectivity index (χ2n) is 5.67. The Hall–Kier alpha value is -1.46.